The fourth-order valence-electron chi connectivity index (χ4n) is 3.57. The number of hydrogen-bond donors (Lipinski definition) is 0. The van der Waals surface area contributed by atoms with E-state index in [1.165, 1.54) is 0 Å². The Hall–Kier alpha value is -2.20. The number of halogens is 1. The molecule has 2 aromatic rings. The molecule has 0 N–H and O–H groups in total. The molecule has 0 saturated heterocycles. The second kappa shape index (κ2) is 6.60. The van der Waals surface area contributed by atoms with Crippen molar-refractivity contribution in [3.05, 3.63) is 58.6 Å². The molecule has 25 heavy (non-hydrogen) atoms. The van der Waals surface area contributed by atoms with E-state index in [1.807, 2.05) is 36.4 Å². The molecule has 2 atom stereocenters. The minimum absolute atomic E-state index is 0.0661. The van der Waals surface area contributed by atoms with Crippen LogP contribution in [0.1, 0.15) is 43.4 Å². The summed E-state index contributed by atoms with van der Waals surface area (Å²) in [5.41, 5.74) is 3.32. The van der Waals surface area contributed by atoms with Gasteiger partial charge in [0.2, 0.25) is 0 Å². The van der Waals surface area contributed by atoms with Gasteiger partial charge in [0.1, 0.15) is 0 Å². The molecule has 0 aromatic heterocycles. The molecule has 2 aliphatic heterocycles. The van der Waals surface area contributed by atoms with Crippen LogP contribution in [-0.4, -0.2) is 24.1 Å². The van der Waals surface area contributed by atoms with Gasteiger partial charge in [0.05, 0.1) is 18.9 Å². The lowest BCUT2D eigenvalue weighted by atomic mass is 9.96. The van der Waals surface area contributed by atoms with Crippen molar-refractivity contribution in [2.75, 3.05) is 7.11 Å². The summed E-state index contributed by atoms with van der Waals surface area (Å²) < 4.78 is 11.8. The van der Waals surface area contributed by atoms with Crippen LogP contribution in [0.15, 0.2) is 47.6 Å². The minimum Gasteiger partial charge on any atom is -0.493 e. The lowest BCUT2D eigenvalue weighted by Crippen LogP contribution is -2.40. The zero-order chi connectivity index (χ0) is 17.4. The zero-order valence-electron chi connectivity index (χ0n) is 14.4. The number of hydrazone groups is 1. The number of methoxy groups -OCH3 is 1. The van der Waals surface area contributed by atoms with Crippen molar-refractivity contribution >= 4 is 17.3 Å². The van der Waals surface area contributed by atoms with Crippen LogP contribution in [-0.2, 0) is 0 Å². The van der Waals surface area contributed by atoms with Gasteiger partial charge in [-0.1, -0.05) is 49.2 Å². The molecule has 130 valence electrons. The monoisotopic (exact) mass is 356 g/mol. The molecule has 0 bridgehead atoms. The van der Waals surface area contributed by atoms with Crippen LogP contribution >= 0.6 is 11.6 Å². The Balaban J connectivity index is 1.73. The van der Waals surface area contributed by atoms with Crippen LogP contribution in [0.5, 0.6) is 11.5 Å². The predicted octanol–water partition coefficient (Wildman–Crippen LogP) is 5.02. The summed E-state index contributed by atoms with van der Waals surface area (Å²) >= 11 is 6.02. The third kappa shape index (κ3) is 2.85. The number of benzene rings is 2. The van der Waals surface area contributed by atoms with Crippen molar-refractivity contribution in [3.8, 4) is 11.5 Å². The van der Waals surface area contributed by atoms with Gasteiger partial charge in [-0.3, -0.25) is 5.01 Å². The number of ether oxygens (including phenoxy) is 2. The molecule has 2 aliphatic rings. The largest absolute Gasteiger partial charge is 0.493 e. The van der Waals surface area contributed by atoms with Crippen LogP contribution in [0.2, 0.25) is 5.02 Å². The van der Waals surface area contributed by atoms with E-state index in [9.17, 15) is 0 Å². The first-order valence-corrected chi connectivity index (χ1v) is 9.04. The standard InChI is InChI=1S/C20H21ClN2O2/c1-3-5-19-23-17(15-6-4-7-18(24-2)20(15)25-19)12-16(22-23)13-8-10-14(21)11-9-13/h4,6-11,17,19H,3,5,12H2,1-2H3. The quantitative estimate of drug-likeness (QED) is 0.771. The summed E-state index contributed by atoms with van der Waals surface area (Å²) in [6, 6.07) is 14.1. The van der Waals surface area contributed by atoms with Gasteiger partial charge in [-0.15, -0.1) is 0 Å². The van der Waals surface area contributed by atoms with E-state index in [0.29, 0.717) is 0 Å². The Labute approximate surface area is 153 Å². The first-order valence-electron chi connectivity index (χ1n) is 8.66. The topological polar surface area (TPSA) is 34.1 Å². The Morgan fingerprint density at radius 3 is 2.76 bits per heavy atom. The molecule has 0 spiro atoms. The smallest absolute Gasteiger partial charge is 0.187 e. The van der Waals surface area contributed by atoms with Crippen LogP contribution < -0.4 is 9.47 Å². The lowest BCUT2D eigenvalue weighted by molar-refractivity contribution is -0.0240. The molecule has 4 rings (SSSR count). The summed E-state index contributed by atoms with van der Waals surface area (Å²) in [5.74, 6) is 1.65. The summed E-state index contributed by atoms with van der Waals surface area (Å²) in [4.78, 5) is 0. The van der Waals surface area contributed by atoms with E-state index in [2.05, 4.69) is 18.0 Å². The van der Waals surface area contributed by atoms with E-state index in [-0.39, 0.29) is 12.3 Å². The van der Waals surface area contributed by atoms with E-state index >= 15 is 0 Å². The van der Waals surface area contributed by atoms with Crippen LogP contribution in [0.25, 0.3) is 0 Å². The molecule has 5 heteroatoms. The number of hydrogen-bond acceptors (Lipinski definition) is 4. The molecule has 0 amide bonds. The van der Waals surface area contributed by atoms with Crippen molar-refractivity contribution in [2.45, 2.75) is 38.5 Å². The maximum Gasteiger partial charge on any atom is 0.187 e. The molecular weight excluding hydrogens is 336 g/mol. The molecule has 0 fully saturated rings. The van der Waals surface area contributed by atoms with E-state index < -0.39 is 0 Å². The number of nitrogens with zero attached hydrogens (tertiary/aromatic N) is 2. The first-order chi connectivity index (χ1) is 12.2. The van der Waals surface area contributed by atoms with Crippen molar-refractivity contribution < 1.29 is 9.47 Å². The molecule has 2 heterocycles. The highest BCUT2D eigenvalue weighted by molar-refractivity contribution is 6.30. The summed E-state index contributed by atoms with van der Waals surface area (Å²) in [6.45, 7) is 2.16. The van der Waals surface area contributed by atoms with Gasteiger partial charge < -0.3 is 9.47 Å². The van der Waals surface area contributed by atoms with Gasteiger partial charge in [0.25, 0.3) is 0 Å². The Kier molecular flexibility index (Phi) is 4.30. The van der Waals surface area contributed by atoms with Crippen molar-refractivity contribution in [1.82, 2.24) is 5.01 Å². The summed E-state index contributed by atoms with van der Waals surface area (Å²) in [7, 11) is 1.68. The fourth-order valence-corrected chi connectivity index (χ4v) is 3.70. The second-order valence-corrected chi connectivity index (χ2v) is 6.83. The number of rotatable bonds is 4. The van der Waals surface area contributed by atoms with Crippen LogP contribution in [0.3, 0.4) is 0 Å². The molecule has 0 saturated carbocycles. The Bertz CT molecular complexity index is 804. The van der Waals surface area contributed by atoms with Gasteiger partial charge in [-0.25, -0.2) is 0 Å². The highest BCUT2D eigenvalue weighted by Gasteiger charge is 2.40. The second-order valence-electron chi connectivity index (χ2n) is 6.39. The molecular formula is C20H21ClN2O2. The van der Waals surface area contributed by atoms with Crippen molar-refractivity contribution in [1.29, 1.82) is 0 Å². The van der Waals surface area contributed by atoms with Gasteiger partial charge >= 0.3 is 0 Å². The zero-order valence-corrected chi connectivity index (χ0v) is 15.2. The van der Waals surface area contributed by atoms with Crippen LogP contribution in [0.4, 0.5) is 0 Å². The molecule has 2 aromatic carbocycles. The van der Waals surface area contributed by atoms with Gasteiger partial charge in [-0.05, 0) is 23.8 Å². The third-order valence-electron chi connectivity index (χ3n) is 4.79. The predicted molar refractivity (Wildman–Crippen MR) is 99.5 cm³/mol. The molecule has 2 unspecified atom stereocenters. The highest BCUT2D eigenvalue weighted by Crippen LogP contribution is 2.47. The summed E-state index contributed by atoms with van der Waals surface area (Å²) in [6.07, 6.45) is 2.74. The Morgan fingerprint density at radius 2 is 2.04 bits per heavy atom. The van der Waals surface area contributed by atoms with Gasteiger partial charge in [0, 0.05) is 23.4 Å². The lowest BCUT2D eigenvalue weighted by Gasteiger charge is -2.38. The van der Waals surface area contributed by atoms with E-state index in [4.69, 9.17) is 26.2 Å². The maximum absolute atomic E-state index is 6.28. The van der Waals surface area contributed by atoms with Crippen molar-refractivity contribution in [2.24, 2.45) is 5.10 Å². The van der Waals surface area contributed by atoms with Crippen LogP contribution in [0, 0.1) is 0 Å². The molecule has 0 aliphatic carbocycles. The minimum atomic E-state index is -0.0661. The average Bonchev–Trinajstić information content (AvgIpc) is 3.08. The number of para-hydroxylation sites is 1. The normalized spacial score (nSPS) is 21.2. The number of fused-ring (bicyclic) bond motifs is 3. The molecule has 4 nitrogen and oxygen atoms in total. The average molecular weight is 357 g/mol. The van der Waals surface area contributed by atoms with Gasteiger partial charge in [-0.2, -0.15) is 5.10 Å². The van der Waals surface area contributed by atoms with E-state index in [0.717, 1.165) is 52.6 Å². The Morgan fingerprint density at radius 1 is 1.24 bits per heavy atom. The first kappa shape index (κ1) is 16.3. The maximum atomic E-state index is 6.28. The third-order valence-corrected chi connectivity index (χ3v) is 5.04. The molecule has 0 radical (unpaired) electrons. The van der Waals surface area contributed by atoms with E-state index in [1.54, 1.807) is 7.11 Å². The summed E-state index contributed by atoms with van der Waals surface area (Å²) in [5, 5.41) is 7.76. The SMILES string of the molecule is CCCC1Oc2c(OC)cccc2C2CC(c3ccc(Cl)cc3)=NN12. The van der Waals surface area contributed by atoms with Gasteiger partial charge in [0.15, 0.2) is 17.7 Å². The highest BCUT2D eigenvalue weighted by atomic mass is 35.5. The fraction of sp³-hybridized carbons (Fsp3) is 0.350. The van der Waals surface area contributed by atoms with Crippen molar-refractivity contribution in [3.63, 3.8) is 0 Å².